The quantitative estimate of drug-likeness (QED) is 0.537. The van der Waals surface area contributed by atoms with Crippen molar-refractivity contribution in [3.8, 4) is 11.8 Å². The summed E-state index contributed by atoms with van der Waals surface area (Å²) in [6.07, 6.45) is 0.266. The Labute approximate surface area is 175 Å². The highest BCUT2D eigenvalue weighted by atomic mass is 16.5. The second-order valence-electron chi connectivity index (χ2n) is 6.90. The van der Waals surface area contributed by atoms with E-state index in [4.69, 9.17) is 4.74 Å². The number of ether oxygens (including phenoxy) is 1. The van der Waals surface area contributed by atoms with Crippen LogP contribution in [0.15, 0.2) is 48.5 Å². The van der Waals surface area contributed by atoms with Gasteiger partial charge in [-0.2, -0.15) is 5.10 Å². The number of aryl methyl sites for hydroxylation is 2. The predicted octanol–water partition coefficient (Wildman–Crippen LogP) is 3.40. The average molecular weight is 401 g/mol. The Morgan fingerprint density at radius 2 is 1.73 bits per heavy atom. The van der Waals surface area contributed by atoms with Gasteiger partial charge >= 0.3 is 5.97 Å². The Hall–Kier alpha value is -3.85. The van der Waals surface area contributed by atoms with Gasteiger partial charge in [-0.15, -0.1) is 0 Å². The van der Waals surface area contributed by atoms with Gasteiger partial charge in [0.1, 0.15) is 0 Å². The average Bonchev–Trinajstić information content (AvgIpc) is 2.98. The molecular formula is C24H23N3O3. The maximum Gasteiger partial charge on any atom is 0.337 e. The summed E-state index contributed by atoms with van der Waals surface area (Å²) in [7, 11) is 3.21. The number of anilines is 1. The van der Waals surface area contributed by atoms with E-state index in [0.29, 0.717) is 16.8 Å². The summed E-state index contributed by atoms with van der Waals surface area (Å²) in [5, 5.41) is 7.27. The summed E-state index contributed by atoms with van der Waals surface area (Å²) >= 11 is 0. The maximum atomic E-state index is 12.5. The second kappa shape index (κ2) is 9.10. The third-order valence-electron chi connectivity index (χ3n) is 4.78. The zero-order valence-corrected chi connectivity index (χ0v) is 17.4. The lowest BCUT2D eigenvalue weighted by molar-refractivity contribution is -0.115. The number of carbonyl (C=O) groups is 2. The number of hydrogen-bond acceptors (Lipinski definition) is 4. The second-order valence-corrected chi connectivity index (χ2v) is 6.90. The number of esters is 1. The van der Waals surface area contributed by atoms with Gasteiger partial charge in [0, 0.05) is 35.1 Å². The minimum absolute atomic E-state index is 0.106. The molecule has 0 spiro atoms. The van der Waals surface area contributed by atoms with E-state index in [9.17, 15) is 9.59 Å². The van der Waals surface area contributed by atoms with Crippen LogP contribution < -0.4 is 5.32 Å². The normalized spacial score (nSPS) is 10.1. The van der Waals surface area contributed by atoms with Crippen LogP contribution >= 0.6 is 0 Å². The van der Waals surface area contributed by atoms with E-state index in [1.54, 1.807) is 22.9 Å². The third kappa shape index (κ3) is 4.95. The molecule has 6 heteroatoms. The highest BCUT2D eigenvalue weighted by molar-refractivity contribution is 5.92. The monoisotopic (exact) mass is 401 g/mol. The fourth-order valence-electron chi connectivity index (χ4n) is 3.10. The van der Waals surface area contributed by atoms with Crippen molar-refractivity contribution < 1.29 is 14.3 Å². The molecule has 0 bridgehead atoms. The molecule has 6 nitrogen and oxygen atoms in total. The summed E-state index contributed by atoms with van der Waals surface area (Å²) < 4.78 is 6.51. The van der Waals surface area contributed by atoms with Gasteiger partial charge < -0.3 is 10.1 Å². The minimum Gasteiger partial charge on any atom is -0.465 e. The summed E-state index contributed by atoms with van der Waals surface area (Å²) in [5.74, 6) is 5.59. The van der Waals surface area contributed by atoms with Crippen molar-refractivity contribution in [3.05, 3.63) is 82.2 Å². The molecule has 0 aliphatic rings. The van der Waals surface area contributed by atoms with Crippen LogP contribution in [0.5, 0.6) is 0 Å². The number of methoxy groups -OCH3 is 1. The number of amides is 1. The number of hydrogen-bond donors (Lipinski definition) is 1. The summed E-state index contributed by atoms with van der Waals surface area (Å²) in [4.78, 5) is 24.1. The van der Waals surface area contributed by atoms with Gasteiger partial charge in [0.15, 0.2) is 0 Å². The molecule has 0 radical (unpaired) electrons. The van der Waals surface area contributed by atoms with Crippen molar-refractivity contribution in [1.29, 1.82) is 0 Å². The first-order valence-corrected chi connectivity index (χ1v) is 9.46. The highest BCUT2D eigenvalue weighted by Gasteiger charge is 2.13. The van der Waals surface area contributed by atoms with Crippen molar-refractivity contribution >= 4 is 17.6 Å². The molecule has 3 rings (SSSR count). The van der Waals surface area contributed by atoms with Gasteiger partial charge in [-0.3, -0.25) is 9.48 Å². The third-order valence-corrected chi connectivity index (χ3v) is 4.78. The first-order chi connectivity index (χ1) is 14.4. The largest absolute Gasteiger partial charge is 0.465 e. The molecule has 30 heavy (non-hydrogen) atoms. The first kappa shape index (κ1) is 20.9. The zero-order valence-electron chi connectivity index (χ0n) is 17.4. The van der Waals surface area contributed by atoms with Crippen LogP contribution in [0, 0.1) is 25.7 Å². The molecule has 1 heterocycles. The molecular weight excluding hydrogens is 378 g/mol. The van der Waals surface area contributed by atoms with Crippen molar-refractivity contribution in [1.82, 2.24) is 9.78 Å². The van der Waals surface area contributed by atoms with Crippen LogP contribution in [-0.2, 0) is 23.0 Å². The van der Waals surface area contributed by atoms with Gasteiger partial charge in [0.05, 0.1) is 24.8 Å². The minimum atomic E-state index is -0.401. The van der Waals surface area contributed by atoms with Crippen LogP contribution in [0.3, 0.4) is 0 Å². The van der Waals surface area contributed by atoms with Gasteiger partial charge in [0.2, 0.25) is 5.91 Å². The van der Waals surface area contributed by atoms with Gasteiger partial charge in [-0.1, -0.05) is 24.0 Å². The molecule has 0 aliphatic heterocycles. The van der Waals surface area contributed by atoms with Crippen molar-refractivity contribution in [2.45, 2.75) is 20.3 Å². The molecule has 0 aliphatic carbocycles. The first-order valence-electron chi connectivity index (χ1n) is 9.46. The predicted molar refractivity (Wildman–Crippen MR) is 115 cm³/mol. The molecule has 0 fully saturated rings. The Morgan fingerprint density at radius 1 is 1.07 bits per heavy atom. The zero-order chi connectivity index (χ0) is 21.7. The number of nitrogens with one attached hydrogen (secondary N) is 1. The van der Waals surface area contributed by atoms with Crippen molar-refractivity contribution in [2.75, 3.05) is 12.4 Å². The topological polar surface area (TPSA) is 73.2 Å². The Kier molecular flexibility index (Phi) is 6.33. The number of nitrogens with zero attached hydrogens (tertiary/aromatic N) is 2. The van der Waals surface area contributed by atoms with Crippen LogP contribution in [0.1, 0.15) is 38.4 Å². The molecule has 0 saturated carbocycles. The molecule has 0 saturated heterocycles. The number of carbonyl (C=O) groups excluding carboxylic acids is 2. The van der Waals surface area contributed by atoms with Crippen LogP contribution in [0.4, 0.5) is 5.69 Å². The van der Waals surface area contributed by atoms with E-state index in [1.165, 1.54) is 7.11 Å². The van der Waals surface area contributed by atoms with Crippen molar-refractivity contribution in [2.24, 2.45) is 7.05 Å². The highest BCUT2D eigenvalue weighted by Crippen LogP contribution is 2.15. The Morgan fingerprint density at radius 3 is 2.37 bits per heavy atom. The molecule has 3 aromatic rings. The number of benzene rings is 2. The molecule has 0 atom stereocenters. The molecule has 2 aromatic carbocycles. The lowest BCUT2D eigenvalue weighted by Gasteiger charge is -2.06. The molecule has 0 unspecified atom stereocenters. The van der Waals surface area contributed by atoms with Crippen LogP contribution in [-0.4, -0.2) is 28.8 Å². The molecule has 1 aromatic heterocycles. The van der Waals surface area contributed by atoms with E-state index in [0.717, 1.165) is 22.5 Å². The maximum absolute atomic E-state index is 12.5. The lowest BCUT2D eigenvalue weighted by atomic mass is 10.1. The van der Waals surface area contributed by atoms with Crippen molar-refractivity contribution in [3.63, 3.8) is 0 Å². The number of rotatable bonds is 4. The number of aromatic nitrogens is 2. The molecule has 1 N–H and O–H groups in total. The molecule has 152 valence electrons. The van der Waals surface area contributed by atoms with Crippen LogP contribution in [0.25, 0.3) is 0 Å². The van der Waals surface area contributed by atoms with E-state index in [1.807, 2.05) is 51.2 Å². The summed E-state index contributed by atoms with van der Waals surface area (Å²) in [5.41, 5.74) is 5.37. The van der Waals surface area contributed by atoms with Crippen LogP contribution in [0.2, 0.25) is 0 Å². The van der Waals surface area contributed by atoms with E-state index in [-0.39, 0.29) is 12.3 Å². The van der Waals surface area contributed by atoms with Gasteiger partial charge in [0.25, 0.3) is 0 Å². The fraction of sp³-hybridized carbons (Fsp3) is 0.208. The fourth-order valence-corrected chi connectivity index (χ4v) is 3.10. The van der Waals surface area contributed by atoms with E-state index < -0.39 is 5.97 Å². The van der Waals surface area contributed by atoms with E-state index in [2.05, 4.69) is 22.3 Å². The van der Waals surface area contributed by atoms with Gasteiger partial charge in [-0.25, -0.2) is 4.79 Å². The summed E-state index contributed by atoms with van der Waals surface area (Å²) in [6.45, 7) is 3.86. The smallest absolute Gasteiger partial charge is 0.337 e. The van der Waals surface area contributed by atoms with Gasteiger partial charge in [-0.05, 0) is 50.2 Å². The Bertz CT molecular complexity index is 1170. The standard InChI is InChI=1S/C24H23N3O3/c1-16-22(17(2)27(3)26-16)15-23(28)25-21-10-6-8-19(14-21)12-11-18-7-5-9-20(13-18)24(29)30-4/h5-10,13-14H,15H2,1-4H3,(H,25,28). The lowest BCUT2D eigenvalue weighted by Crippen LogP contribution is -2.15. The molecule has 1 amide bonds. The van der Waals surface area contributed by atoms with E-state index >= 15 is 0 Å². The Balaban J connectivity index is 1.72. The SMILES string of the molecule is COC(=O)c1cccc(C#Cc2cccc(NC(=O)Cc3c(C)nn(C)c3C)c2)c1. The summed E-state index contributed by atoms with van der Waals surface area (Å²) in [6, 6.07) is 14.3.